The van der Waals surface area contributed by atoms with Gasteiger partial charge in [0.25, 0.3) is 0 Å². The Bertz CT molecular complexity index is 3860. The first-order valence-electron chi connectivity index (χ1n) is 26.6. The summed E-state index contributed by atoms with van der Waals surface area (Å²) < 4.78 is 8.93. The molecule has 5 heterocycles. The molecule has 0 unspecified atom stereocenters. The van der Waals surface area contributed by atoms with E-state index in [0.717, 1.165) is 33.6 Å². The molecule has 0 N–H and O–H groups in total. The number of hydrogen-bond acceptors (Lipinski definition) is 5. The number of anilines is 5. The third-order valence-electron chi connectivity index (χ3n) is 16.2. The normalized spacial score (nSPS) is 15.1. The molecule has 77 heavy (non-hydrogen) atoms. The number of fused-ring (bicyclic) bond motifs is 7. The number of ether oxygens (including phenoxy) is 1. The van der Waals surface area contributed by atoms with Gasteiger partial charge in [0.2, 0.25) is 0 Å². The van der Waals surface area contributed by atoms with Crippen molar-refractivity contribution in [2.75, 3.05) is 14.7 Å². The van der Waals surface area contributed by atoms with E-state index in [2.05, 4.69) is 271 Å². The van der Waals surface area contributed by atoms with Crippen LogP contribution in [-0.4, -0.2) is 9.55 Å². The summed E-state index contributed by atoms with van der Waals surface area (Å²) in [6.45, 7) is 25.2. The Morgan fingerprint density at radius 1 is 0.506 bits per heavy atom. The first-order chi connectivity index (χ1) is 36.4. The molecular weight excluding hydrogens is 1120 g/mol. The van der Waals surface area contributed by atoms with E-state index in [1.54, 1.807) is 0 Å². The molecule has 0 fully saturated rings. The summed E-state index contributed by atoms with van der Waals surface area (Å²) in [7, 11) is 0. The summed E-state index contributed by atoms with van der Waals surface area (Å²) in [5.74, 6) is 2.06. The minimum absolute atomic E-state index is 0. The monoisotopic (exact) mass is 1180 g/mol. The molecule has 2 aromatic heterocycles. The Balaban J connectivity index is 0.00000596. The molecule has 0 radical (unpaired) electrons. The average molecular weight is 1180 g/mol. The van der Waals surface area contributed by atoms with Crippen molar-refractivity contribution in [3.8, 4) is 39.6 Å². The van der Waals surface area contributed by atoms with Gasteiger partial charge >= 0.3 is 0 Å². The van der Waals surface area contributed by atoms with Crippen LogP contribution in [0.15, 0.2) is 188 Å². The van der Waals surface area contributed by atoms with Crippen molar-refractivity contribution in [2.24, 2.45) is 0 Å². The summed E-state index contributed by atoms with van der Waals surface area (Å²) in [6, 6.07) is 69.1. The Morgan fingerprint density at radius 2 is 1.09 bits per heavy atom. The molecule has 0 saturated carbocycles. The molecule has 3 aliphatic rings. The molecule has 0 atom stereocenters. The fraction of sp³-hybridized carbons (Fsp3) is 0.200. The van der Waals surface area contributed by atoms with Gasteiger partial charge in [-0.15, -0.1) is 48.1 Å². The van der Waals surface area contributed by atoms with Crippen LogP contribution in [0.2, 0.25) is 0 Å². The van der Waals surface area contributed by atoms with Crippen LogP contribution in [0, 0.1) is 18.8 Å². The average Bonchev–Trinajstić information content (AvgIpc) is 4.08. The first-order valence-corrected chi connectivity index (χ1v) is 26.6. The maximum atomic E-state index is 6.70. The summed E-state index contributed by atoms with van der Waals surface area (Å²) in [4.78, 5) is 11.8. The number of aromatic nitrogens is 2. The van der Waals surface area contributed by atoms with E-state index in [-0.39, 0.29) is 42.7 Å². The molecule has 13 rings (SSSR count). The maximum Gasteiger partial charge on any atom is 0.135 e. The van der Waals surface area contributed by atoms with Gasteiger partial charge < -0.3 is 24.0 Å². The SMILES string of the molecule is CC(C)(C)c1ccnc(-n2c3[c-]c(Oc4[c-]c(N5C=CN(c6cc7c8c(c6)C(C)(C)c6cc(-c9ccccc9)ccc6N8c6ccc(-c8ccccc8)cc6C7(C)C)[CH-]5)ccc4)ccc3c3cc(C(C)(C)C)ccc32)c1.[Pt]. The second kappa shape index (κ2) is 18.2. The molecule has 7 heteroatoms. The summed E-state index contributed by atoms with van der Waals surface area (Å²) in [5, 5.41) is 2.27. The van der Waals surface area contributed by atoms with Gasteiger partial charge in [-0.05, 0) is 139 Å². The van der Waals surface area contributed by atoms with Crippen molar-refractivity contribution in [3.05, 3.63) is 241 Å². The van der Waals surface area contributed by atoms with Crippen LogP contribution in [0.4, 0.5) is 28.4 Å². The Hall–Kier alpha value is -7.66. The fourth-order valence-electron chi connectivity index (χ4n) is 11.8. The molecule has 6 nitrogen and oxygen atoms in total. The van der Waals surface area contributed by atoms with Crippen LogP contribution < -0.4 is 19.4 Å². The van der Waals surface area contributed by atoms with E-state index >= 15 is 0 Å². The number of rotatable bonds is 7. The zero-order valence-electron chi connectivity index (χ0n) is 45.4. The molecule has 10 aromatic rings. The molecule has 3 aliphatic heterocycles. The van der Waals surface area contributed by atoms with Crippen LogP contribution in [0.25, 0.3) is 49.9 Å². The smallest absolute Gasteiger partial charge is 0.135 e. The Kier molecular flexibility index (Phi) is 11.9. The molecule has 0 aliphatic carbocycles. The predicted octanol–water partition coefficient (Wildman–Crippen LogP) is 18.2. The van der Waals surface area contributed by atoms with Gasteiger partial charge in [-0.25, -0.2) is 4.98 Å². The first kappa shape index (κ1) is 50.2. The zero-order chi connectivity index (χ0) is 52.5. The largest absolute Gasteiger partial charge is 0.509 e. The minimum Gasteiger partial charge on any atom is -0.509 e. The fourth-order valence-corrected chi connectivity index (χ4v) is 11.8. The third kappa shape index (κ3) is 8.39. The molecule has 0 spiro atoms. The Morgan fingerprint density at radius 3 is 1.70 bits per heavy atom. The summed E-state index contributed by atoms with van der Waals surface area (Å²) >= 11 is 0. The van der Waals surface area contributed by atoms with Gasteiger partial charge in [-0.2, -0.15) is 12.1 Å². The van der Waals surface area contributed by atoms with Crippen molar-refractivity contribution in [2.45, 2.75) is 90.9 Å². The van der Waals surface area contributed by atoms with E-state index in [0.29, 0.717) is 11.5 Å². The zero-order valence-corrected chi connectivity index (χ0v) is 47.7. The second-order valence-electron chi connectivity index (χ2n) is 24.0. The van der Waals surface area contributed by atoms with Crippen LogP contribution in [-0.2, 0) is 42.7 Å². The molecule has 0 bridgehead atoms. The summed E-state index contributed by atoms with van der Waals surface area (Å²) in [5.41, 5.74) is 19.5. The van der Waals surface area contributed by atoms with Gasteiger partial charge in [0.15, 0.2) is 0 Å². The molecule has 8 aromatic carbocycles. The van der Waals surface area contributed by atoms with E-state index < -0.39 is 0 Å². The van der Waals surface area contributed by atoms with Crippen LogP contribution in [0.5, 0.6) is 11.5 Å². The van der Waals surface area contributed by atoms with Gasteiger partial charge in [-0.3, -0.25) is 0 Å². The van der Waals surface area contributed by atoms with Gasteiger partial charge in [0, 0.05) is 60.8 Å². The van der Waals surface area contributed by atoms with Crippen molar-refractivity contribution >= 4 is 50.2 Å². The topological polar surface area (TPSA) is 36.8 Å². The van der Waals surface area contributed by atoms with Crippen molar-refractivity contribution in [1.82, 2.24) is 9.55 Å². The maximum absolute atomic E-state index is 6.70. The standard InChI is InChI=1S/C70H62N5O.Pt/c1-67(2,3)49-26-31-61-56(38-49)55-28-27-54(43-64(55)74(61)65-39-50(32-33-71-65)68(4,5)6)76-53-23-17-22-51(40-53)72-34-35-73(44-72)52-41-59-66-60(42-52)70(9,10)58-37-48(46-20-15-12-16-21-46)25-30-63(58)75(66)62-29-24-47(36-57(62)69(59,7)8)45-18-13-11-14-19-45;/h11-39,41-42,44H,1-10H3;/q-3;. The van der Waals surface area contributed by atoms with Crippen LogP contribution in [0.3, 0.4) is 0 Å². The van der Waals surface area contributed by atoms with Crippen molar-refractivity contribution in [3.63, 3.8) is 0 Å². The molecule has 386 valence electrons. The quantitative estimate of drug-likeness (QED) is 0.149. The molecular formula is C70H62N5OPt-3. The van der Waals surface area contributed by atoms with E-state index in [1.165, 1.54) is 78.1 Å². The number of benzene rings is 8. The van der Waals surface area contributed by atoms with Gasteiger partial charge in [-0.1, -0.05) is 160 Å². The van der Waals surface area contributed by atoms with E-state index in [1.807, 2.05) is 24.4 Å². The van der Waals surface area contributed by atoms with Gasteiger partial charge in [0.05, 0.1) is 17.1 Å². The van der Waals surface area contributed by atoms with E-state index in [4.69, 9.17) is 9.72 Å². The predicted molar refractivity (Wildman–Crippen MR) is 315 cm³/mol. The minimum atomic E-state index is -0.326. The molecule has 0 saturated heterocycles. The number of pyridine rings is 1. The van der Waals surface area contributed by atoms with E-state index in [9.17, 15) is 0 Å². The van der Waals surface area contributed by atoms with Crippen LogP contribution in [0.1, 0.15) is 103 Å². The van der Waals surface area contributed by atoms with Crippen molar-refractivity contribution < 1.29 is 25.8 Å². The number of hydrogen-bond donors (Lipinski definition) is 0. The second-order valence-corrected chi connectivity index (χ2v) is 24.0. The van der Waals surface area contributed by atoms with Crippen LogP contribution >= 0.6 is 0 Å². The number of nitrogens with zero attached hydrogens (tertiary/aromatic N) is 5. The van der Waals surface area contributed by atoms with Gasteiger partial charge in [0.1, 0.15) is 5.82 Å². The summed E-state index contributed by atoms with van der Waals surface area (Å²) in [6.07, 6.45) is 6.17. The van der Waals surface area contributed by atoms with Crippen molar-refractivity contribution in [1.29, 1.82) is 0 Å². The Labute approximate surface area is 468 Å². The third-order valence-corrected chi connectivity index (χ3v) is 16.2. The molecule has 0 amide bonds.